The van der Waals surface area contributed by atoms with Crippen LogP contribution in [0.15, 0.2) is 443 Å². The van der Waals surface area contributed by atoms with E-state index in [9.17, 15) is 0 Å². The number of fused-ring (bicyclic) bond motifs is 23. The summed E-state index contributed by atoms with van der Waals surface area (Å²) in [5.74, 6) is 3.68. The molecule has 0 spiro atoms. The summed E-state index contributed by atoms with van der Waals surface area (Å²) in [6.45, 7) is 0. The van der Waals surface area contributed by atoms with E-state index in [4.69, 9.17) is 38.7 Å². The van der Waals surface area contributed by atoms with Gasteiger partial charge in [-0.15, -0.1) is 0 Å². The van der Waals surface area contributed by atoms with Crippen LogP contribution in [0.5, 0.6) is 0 Å². The molecule has 0 atom stereocenters. The fourth-order valence-electron chi connectivity index (χ4n) is 20.9. The molecule has 1 aliphatic rings. The Labute approximate surface area is 763 Å². The van der Waals surface area contributed by atoms with E-state index in [0.717, 1.165) is 127 Å². The van der Waals surface area contributed by atoms with Crippen molar-refractivity contribution in [3.8, 4) is 119 Å². The maximum Gasteiger partial charge on any atom is 0.164 e. The first-order chi connectivity index (χ1) is 65.9. The molecule has 10 heterocycles. The predicted octanol–water partition coefficient (Wildman–Crippen LogP) is 31.5. The zero-order valence-electron chi connectivity index (χ0n) is 71.1. The monoisotopic (exact) mass is 1710 g/mol. The highest BCUT2D eigenvalue weighted by Gasteiger charge is 2.28. The molecule has 0 bridgehead atoms. The topological polar surface area (TPSA) is 123 Å². The van der Waals surface area contributed by atoms with Crippen molar-refractivity contribution in [3.05, 3.63) is 425 Å². The standard InChI is InChI=1S/C63H37N5OS.C57H33N5O/c1-4-15-38(16-5-1)61-64-62(39-17-6-2-7-18-39)66-63(65-61)46-22-14-25-56-59(46)50-35-41(29-32-55(50)69-56)40-27-30-52-47(33-40)48-34-42(28-31-53(48)67(52)44-19-8-3-9-20-44)43-36-49-45-21-10-11-23-51(45)68-54-24-12-13-26-57(54)70-58(37-43)60(49)68;1-3-13-34(14-4-1)55-58-56(35-15-5-2-6-16-35)60-57(59-55)43-21-12-24-52-53(43)46-32-37(26-30-51(46)63-52)36-25-28-49-44(31-36)40-18-8-9-22-47(40)61(49)38-27-29-50-45(33-38)42-20-11-19-41-39-17-7-10-23-48(39)62(50)54(41)42/h1-37H;1-33H. The molecule has 0 unspecified atom stereocenters. The van der Waals surface area contributed by atoms with Crippen LogP contribution in [0.25, 0.3) is 266 Å². The Bertz CT molecular complexity index is 9580. The van der Waals surface area contributed by atoms with Gasteiger partial charge in [0, 0.05) is 130 Å². The molecule has 0 saturated heterocycles. The Balaban J connectivity index is 0.000000133. The fourth-order valence-corrected chi connectivity index (χ4v) is 22.0. The van der Waals surface area contributed by atoms with Gasteiger partial charge in [0.25, 0.3) is 0 Å². The predicted molar refractivity (Wildman–Crippen MR) is 545 cm³/mol. The van der Waals surface area contributed by atoms with Gasteiger partial charge in [-0.2, -0.15) is 0 Å². The van der Waals surface area contributed by atoms with Crippen LogP contribution < -0.4 is 0 Å². The van der Waals surface area contributed by atoms with E-state index < -0.39 is 0 Å². The molecule has 9 aromatic heterocycles. The molecule has 618 valence electrons. The zero-order valence-corrected chi connectivity index (χ0v) is 71.9. The number of nitrogens with zero attached hydrogens (tertiary/aromatic N) is 10. The molecule has 12 nitrogen and oxygen atoms in total. The summed E-state index contributed by atoms with van der Waals surface area (Å²) in [5, 5.41) is 16.4. The molecule has 1 aliphatic heterocycles. The highest BCUT2D eigenvalue weighted by atomic mass is 32.2. The number of hydrogen-bond acceptors (Lipinski definition) is 9. The molecule has 28 aromatic rings. The highest BCUT2D eigenvalue weighted by Crippen LogP contribution is 2.51. The van der Waals surface area contributed by atoms with E-state index in [2.05, 4.69) is 297 Å². The lowest BCUT2D eigenvalue weighted by Gasteiger charge is -2.20. The second-order valence-corrected chi connectivity index (χ2v) is 35.4. The van der Waals surface area contributed by atoms with Crippen LogP contribution in [0.3, 0.4) is 0 Å². The van der Waals surface area contributed by atoms with Crippen LogP contribution in [0.4, 0.5) is 0 Å². The summed E-state index contributed by atoms with van der Waals surface area (Å²) in [5.41, 5.74) is 29.9. The number of rotatable bonds is 11. The average molecular weight is 1720 g/mol. The minimum Gasteiger partial charge on any atom is -0.456 e. The first-order valence-electron chi connectivity index (χ1n) is 44.8. The van der Waals surface area contributed by atoms with Crippen molar-refractivity contribution in [3.63, 3.8) is 0 Å². The van der Waals surface area contributed by atoms with Crippen LogP contribution in [-0.2, 0) is 0 Å². The van der Waals surface area contributed by atoms with Crippen LogP contribution in [0.2, 0.25) is 0 Å². The third-order valence-electron chi connectivity index (χ3n) is 26.8. The van der Waals surface area contributed by atoms with E-state index >= 15 is 0 Å². The lowest BCUT2D eigenvalue weighted by atomic mass is 9.98. The summed E-state index contributed by atoms with van der Waals surface area (Å²) in [7, 11) is 0. The van der Waals surface area contributed by atoms with Crippen molar-refractivity contribution in [1.29, 1.82) is 0 Å². The molecule has 29 rings (SSSR count). The molecule has 0 N–H and O–H groups in total. The van der Waals surface area contributed by atoms with Gasteiger partial charge in [-0.05, 0) is 179 Å². The number of furan rings is 2. The van der Waals surface area contributed by atoms with Crippen LogP contribution in [-0.4, -0.2) is 48.0 Å². The quantitative estimate of drug-likeness (QED) is 0.125. The molecule has 133 heavy (non-hydrogen) atoms. The molecule has 0 amide bonds. The summed E-state index contributed by atoms with van der Waals surface area (Å²) < 4.78 is 22.8. The van der Waals surface area contributed by atoms with E-state index in [-0.39, 0.29) is 0 Å². The normalized spacial score (nSPS) is 12.2. The van der Waals surface area contributed by atoms with E-state index in [1.165, 1.54) is 114 Å². The molecule has 0 fully saturated rings. The molecule has 13 heteroatoms. The third kappa shape index (κ3) is 11.8. The smallest absolute Gasteiger partial charge is 0.164 e. The van der Waals surface area contributed by atoms with Gasteiger partial charge >= 0.3 is 0 Å². The second-order valence-electron chi connectivity index (χ2n) is 34.3. The van der Waals surface area contributed by atoms with Gasteiger partial charge in [0.05, 0.1) is 55.3 Å². The molecular formula is C120H70N10O2S. The van der Waals surface area contributed by atoms with Gasteiger partial charge in [-0.3, -0.25) is 0 Å². The van der Waals surface area contributed by atoms with Gasteiger partial charge in [0.2, 0.25) is 0 Å². The zero-order chi connectivity index (χ0) is 87.0. The summed E-state index contributed by atoms with van der Waals surface area (Å²) >= 11 is 1.87. The minimum atomic E-state index is 0.593. The first-order valence-corrected chi connectivity index (χ1v) is 45.6. The summed E-state index contributed by atoms with van der Waals surface area (Å²) in [6.07, 6.45) is 0. The van der Waals surface area contributed by atoms with Gasteiger partial charge in [0.1, 0.15) is 22.3 Å². The van der Waals surface area contributed by atoms with E-state index in [1.54, 1.807) is 0 Å². The third-order valence-corrected chi connectivity index (χ3v) is 27.9. The Kier molecular flexibility index (Phi) is 16.5. The van der Waals surface area contributed by atoms with Crippen molar-refractivity contribution in [2.24, 2.45) is 0 Å². The lowest BCUT2D eigenvalue weighted by Crippen LogP contribution is -2.01. The summed E-state index contributed by atoms with van der Waals surface area (Å²) in [6, 6.07) is 151. The van der Waals surface area contributed by atoms with Gasteiger partial charge in [-0.1, -0.05) is 291 Å². The van der Waals surface area contributed by atoms with Gasteiger partial charge < -0.3 is 26.9 Å². The van der Waals surface area contributed by atoms with Crippen molar-refractivity contribution in [2.75, 3.05) is 0 Å². The lowest BCUT2D eigenvalue weighted by molar-refractivity contribution is 0.668. The number of hydrogen-bond donors (Lipinski definition) is 0. The SMILES string of the molecule is c1ccc(-c2nc(-c3ccccc3)nc(-c3cccc4oc5ccc(-c6ccc7c(c6)c6cc(-c8cc9c%10c(c8)c8ccccc8n%10-c8ccccc8S9)ccc6n7-c6ccccc6)cc5c34)n2)cc1.c1ccc(-c2nc(-c3ccccc3)nc(-c3cccc4oc5ccc(-c6ccc7c(c6)c6ccccc6n7-c6ccc7c(c6)c6cccc8c9ccccc9n7c86)cc5c34)n2)cc1. The molecule has 0 saturated carbocycles. The van der Waals surface area contributed by atoms with Gasteiger partial charge in [-0.25, -0.2) is 29.9 Å². The number of para-hydroxylation sites is 6. The number of benzene rings is 19. The van der Waals surface area contributed by atoms with E-state index in [0.29, 0.717) is 34.9 Å². The maximum atomic E-state index is 6.58. The van der Waals surface area contributed by atoms with Crippen LogP contribution in [0.1, 0.15) is 0 Å². The Morgan fingerprint density at radius 1 is 0.188 bits per heavy atom. The maximum absolute atomic E-state index is 6.58. The Hall–Kier alpha value is -17.7. The molecular weight excluding hydrogens is 1650 g/mol. The van der Waals surface area contributed by atoms with Crippen molar-refractivity contribution < 1.29 is 8.83 Å². The Morgan fingerprint density at radius 2 is 0.541 bits per heavy atom. The molecule has 0 radical (unpaired) electrons. The number of aromatic nitrogens is 10. The molecule has 19 aromatic carbocycles. The first kappa shape index (κ1) is 74.4. The van der Waals surface area contributed by atoms with E-state index in [1.807, 2.05) is 157 Å². The molecule has 0 aliphatic carbocycles. The van der Waals surface area contributed by atoms with Crippen molar-refractivity contribution in [2.45, 2.75) is 9.79 Å². The highest BCUT2D eigenvalue weighted by molar-refractivity contribution is 7.99. The minimum absolute atomic E-state index is 0.593. The average Bonchev–Trinajstić information content (AvgIpc) is 1.54. The van der Waals surface area contributed by atoms with Gasteiger partial charge in [0.15, 0.2) is 34.9 Å². The van der Waals surface area contributed by atoms with Crippen molar-refractivity contribution in [1.82, 2.24) is 48.0 Å². The van der Waals surface area contributed by atoms with Crippen LogP contribution >= 0.6 is 11.8 Å². The Morgan fingerprint density at radius 3 is 1.07 bits per heavy atom. The largest absolute Gasteiger partial charge is 0.456 e. The second kappa shape index (κ2) is 29.5. The van der Waals surface area contributed by atoms with Crippen molar-refractivity contribution >= 4 is 159 Å². The summed E-state index contributed by atoms with van der Waals surface area (Å²) in [4.78, 5) is 32.9. The van der Waals surface area contributed by atoms with Crippen LogP contribution in [0, 0.1) is 0 Å². The fraction of sp³-hybridized carbons (Fsp3) is 0.